The summed E-state index contributed by atoms with van der Waals surface area (Å²) in [5.41, 5.74) is 0. The lowest BCUT2D eigenvalue weighted by molar-refractivity contribution is 0.502. The standard InChI is InChI=1S/C8H13NO2S3/c1-2-4-13-8(12)9-7-3-5-14(10,11)6-7/h2,7H,1,3-6H2,(H-,9,10,11,12)/p+1/t7-/m1/s1. The molecule has 3 nitrogen and oxygen atoms in total. The molecule has 0 radical (unpaired) electrons. The molecule has 1 unspecified atom stereocenters. The molecule has 14 heavy (non-hydrogen) atoms. The molecule has 0 aliphatic carbocycles. The second-order valence-corrected chi connectivity index (χ2v) is 7.14. The molecule has 1 rings (SSSR count). The summed E-state index contributed by atoms with van der Waals surface area (Å²) in [6.07, 6.45) is 2.51. The highest BCUT2D eigenvalue weighted by Gasteiger charge is 2.38. The molecule has 0 aromatic carbocycles. The summed E-state index contributed by atoms with van der Waals surface area (Å²) >= 11 is 6.55. The van der Waals surface area contributed by atoms with Gasteiger partial charge in [0.15, 0.2) is 5.75 Å². The van der Waals surface area contributed by atoms with Gasteiger partial charge in [-0.3, -0.25) is 0 Å². The summed E-state index contributed by atoms with van der Waals surface area (Å²) in [6, 6.07) is 0.0670. The molecule has 0 spiro atoms. The van der Waals surface area contributed by atoms with Crippen molar-refractivity contribution in [1.29, 1.82) is 0 Å². The monoisotopic (exact) mass is 252 g/mol. The summed E-state index contributed by atoms with van der Waals surface area (Å²) in [7, 11) is -2.56. The van der Waals surface area contributed by atoms with Crippen molar-refractivity contribution in [3.8, 4) is 0 Å². The van der Waals surface area contributed by atoms with Crippen molar-refractivity contribution in [3.05, 3.63) is 12.7 Å². The van der Waals surface area contributed by atoms with Gasteiger partial charge in [-0.2, -0.15) is 4.55 Å². The molecule has 0 bridgehead atoms. The van der Waals surface area contributed by atoms with E-state index in [0.29, 0.717) is 15.8 Å². The molecule has 1 aliphatic heterocycles. The number of nitrogens with one attached hydrogen (secondary N) is 1. The Hall–Kier alpha value is 0.0900. The lowest BCUT2D eigenvalue weighted by atomic mass is 10.3. The Balaban J connectivity index is 2.29. The largest absolute Gasteiger partial charge is 0.363 e. The predicted molar refractivity (Wildman–Crippen MR) is 67.2 cm³/mol. The van der Waals surface area contributed by atoms with Crippen LogP contribution in [0, 0.1) is 0 Å². The van der Waals surface area contributed by atoms with Crippen molar-refractivity contribution in [3.63, 3.8) is 0 Å². The summed E-state index contributed by atoms with van der Waals surface area (Å²) in [6.45, 7) is 3.59. The van der Waals surface area contributed by atoms with E-state index in [-0.39, 0.29) is 6.04 Å². The fourth-order valence-electron chi connectivity index (χ4n) is 1.26. The molecule has 1 heterocycles. The second-order valence-electron chi connectivity index (χ2n) is 3.16. The van der Waals surface area contributed by atoms with Crippen LogP contribution in [0.3, 0.4) is 0 Å². The first-order valence-corrected chi connectivity index (χ1v) is 7.54. The predicted octanol–water partition coefficient (Wildman–Crippen LogP) is 1.52. The van der Waals surface area contributed by atoms with Crippen molar-refractivity contribution in [2.45, 2.75) is 12.5 Å². The third kappa shape index (κ3) is 4.08. The van der Waals surface area contributed by atoms with Crippen molar-refractivity contribution < 1.29 is 8.76 Å². The maximum absolute atomic E-state index is 11.2. The van der Waals surface area contributed by atoms with E-state index < -0.39 is 10.2 Å². The normalized spacial score (nSPS) is 31.4. The van der Waals surface area contributed by atoms with Gasteiger partial charge in [-0.1, -0.05) is 34.3 Å². The van der Waals surface area contributed by atoms with Crippen LogP contribution in [0.25, 0.3) is 0 Å². The Morgan fingerprint density at radius 3 is 3.07 bits per heavy atom. The average Bonchev–Trinajstić information content (AvgIpc) is 2.42. The number of hydrogen-bond donors (Lipinski definition) is 2. The van der Waals surface area contributed by atoms with Crippen LogP contribution in [-0.2, 0) is 14.4 Å². The van der Waals surface area contributed by atoms with Gasteiger partial charge in [0.05, 0.1) is 6.04 Å². The number of thiocarbonyl (C=S) groups is 1. The van der Waals surface area contributed by atoms with Gasteiger partial charge in [0.1, 0.15) is 10.1 Å². The molecule has 1 aliphatic rings. The average molecular weight is 252 g/mol. The van der Waals surface area contributed by atoms with E-state index in [1.54, 1.807) is 6.08 Å². The molecule has 2 N–H and O–H groups in total. The SMILES string of the molecule is C=CCSC(=S)N[C@@H]1CC[S+](=O)(O)C1. The molecule has 2 atom stereocenters. The maximum Gasteiger partial charge on any atom is 0.216 e. The van der Waals surface area contributed by atoms with Gasteiger partial charge in [-0.25, -0.2) is 0 Å². The number of thioether (sulfide) groups is 1. The van der Waals surface area contributed by atoms with Gasteiger partial charge < -0.3 is 5.32 Å². The first kappa shape index (κ1) is 12.2. The highest BCUT2D eigenvalue weighted by molar-refractivity contribution is 8.23. The van der Waals surface area contributed by atoms with Crippen LogP contribution >= 0.6 is 24.0 Å². The van der Waals surface area contributed by atoms with Crippen molar-refractivity contribution in [2.75, 3.05) is 17.3 Å². The zero-order valence-electron chi connectivity index (χ0n) is 7.77. The molecule has 1 fully saturated rings. The Morgan fingerprint density at radius 2 is 2.57 bits per heavy atom. The quantitative estimate of drug-likeness (QED) is 0.453. The summed E-state index contributed by atoms with van der Waals surface area (Å²) in [4.78, 5) is 0. The van der Waals surface area contributed by atoms with Crippen LogP contribution in [0.2, 0.25) is 0 Å². The molecule has 80 valence electrons. The summed E-state index contributed by atoms with van der Waals surface area (Å²) in [5, 5.41) is 3.08. The van der Waals surface area contributed by atoms with Gasteiger partial charge in [0.25, 0.3) is 0 Å². The Labute approximate surface area is 95.0 Å². The van der Waals surface area contributed by atoms with E-state index in [4.69, 9.17) is 12.2 Å². The Morgan fingerprint density at radius 1 is 1.86 bits per heavy atom. The van der Waals surface area contributed by atoms with Crippen molar-refractivity contribution in [1.82, 2.24) is 5.32 Å². The van der Waals surface area contributed by atoms with E-state index in [2.05, 4.69) is 11.9 Å². The lowest BCUT2D eigenvalue weighted by Crippen LogP contribution is -2.33. The van der Waals surface area contributed by atoms with Crippen LogP contribution in [0.5, 0.6) is 0 Å². The molecular weight excluding hydrogens is 238 g/mol. The number of rotatable bonds is 3. The van der Waals surface area contributed by atoms with Crippen LogP contribution in [0.4, 0.5) is 0 Å². The maximum atomic E-state index is 11.2. The van der Waals surface area contributed by atoms with E-state index in [9.17, 15) is 8.76 Å². The van der Waals surface area contributed by atoms with Crippen LogP contribution < -0.4 is 5.32 Å². The Bertz CT molecular complexity index is 280. The molecular formula is C8H14NO2S3+. The second kappa shape index (κ2) is 5.25. The van der Waals surface area contributed by atoms with Gasteiger partial charge in [-0.15, -0.1) is 6.58 Å². The van der Waals surface area contributed by atoms with Gasteiger partial charge in [-0.05, 0) is 0 Å². The molecule has 6 heteroatoms. The van der Waals surface area contributed by atoms with Crippen molar-refractivity contribution in [2.24, 2.45) is 0 Å². The third-order valence-corrected chi connectivity index (χ3v) is 4.95. The van der Waals surface area contributed by atoms with E-state index >= 15 is 0 Å². The minimum atomic E-state index is -2.56. The molecule has 0 saturated carbocycles. The van der Waals surface area contributed by atoms with Crippen LogP contribution in [0.15, 0.2) is 12.7 Å². The summed E-state index contributed by atoms with van der Waals surface area (Å²) < 4.78 is 21.2. The van der Waals surface area contributed by atoms with E-state index in [1.165, 1.54) is 11.8 Å². The summed E-state index contributed by atoms with van der Waals surface area (Å²) in [5.74, 6) is 1.48. The molecule has 0 aromatic heterocycles. The molecule has 0 aromatic rings. The molecule has 1 saturated heterocycles. The fourth-order valence-corrected chi connectivity index (χ4v) is 3.85. The van der Waals surface area contributed by atoms with Crippen LogP contribution in [0.1, 0.15) is 6.42 Å². The first-order chi connectivity index (χ1) is 6.53. The molecule has 0 amide bonds. The first-order valence-electron chi connectivity index (χ1n) is 4.30. The van der Waals surface area contributed by atoms with Crippen LogP contribution in [-0.4, -0.2) is 32.2 Å². The highest BCUT2D eigenvalue weighted by Crippen LogP contribution is 2.17. The van der Waals surface area contributed by atoms with Crippen molar-refractivity contribution >= 4 is 38.5 Å². The third-order valence-electron chi connectivity index (χ3n) is 1.90. The highest BCUT2D eigenvalue weighted by atomic mass is 32.3. The zero-order chi connectivity index (χ0) is 10.6. The van der Waals surface area contributed by atoms with Gasteiger partial charge in [0, 0.05) is 12.2 Å². The van der Waals surface area contributed by atoms with Gasteiger partial charge >= 0.3 is 0 Å². The minimum Gasteiger partial charge on any atom is -0.363 e. The topological polar surface area (TPSA) is 49.3 Å². The van der Waals surface area contributed by atoms with E-state index in [0.717, 1.165) is 12.2 Å². The Kier molecular flexibility index (Phi) is 4.56. The number of hydrogen-bond acceptors (Lipinski definition) is 3. The fraction of sp³-hybridized carbons (Fsp3) is 0.625. The minimum absolute atomic E-state index is 0.0670. The smallest absolute Gasteiger partial charge is 0.216 e. The zero-order valence-corrected chi connectivity index (χ0v) is 10.2. The van der Waals surface area contributed by atoms with E-state index in [1.807, 2.05) is 0 Å². The van der Waals surface area contributed by atoms with Gasteiger partial charge in [0.2, 0.25) is 10.2 Å². The lowest BCUT2D eigenvalue weighted by Gasteiger charge is -2.09.